The molecule has 3 heterocycles. The van der Waals surface area contributed by atoms with Crippen LogP contribution in [0.5, 0.6) is 0 Å². The summed E-state index contributed by atoms with van der Waals surface area (Å²) in [5, 5.41) is 12.5. The molecule has 17 heavy (non-hydrogen) atoms. The van der Waals surface area contributed by atoms with Gasteiger partial charge in [0, 0.05) is 19.2 Å². The number of nitrogens with one attached hydrogen (secondary N) is 1. The monoisotopic (exact) mass is 235 g/mol. The van der Waals surface area contributed by atoms with Crippen LogP contribution in [0.25, 0.3) is 0 Å². The number of hydrogen-bond donors (Lipinski definition) is 2. The molecule has 1 aromatic rings. The van der Waals surface area contributed by atoms with Gasteiger partial charge in [0.25, 0.3) is 0 Å². The predicted molar refractivity (Wildman–Crippen MR) is 61.7 cm³/mol. The van der Waals surface area contributed by atoms with Crippen LogP contribution in [-0.4, -0.2) is 27.2 Å². The van der Waals surface area contributed by atoms with Crippen molar-refractivity contribution >= 4 is 5.97 Å². The number of carbonyl (C=O) groups is 1. The molecule has 1 aromatic heterocycles. The normalized spacial score (nSPS) is 28.0. The minimum atomic E-state index is -0.690. The van der Waals surface area contributed by atoms with Crippen molar-refractivity contribution < 1.29 is 9.90 Å². The van der Waals surface area contributed by atoms with E-state index in [9.17, 15) is 4.79 Å². The number of aromatic nitrogens is 2. The Balaban J connectivity index is 1.81. The van der Waals surface area contributed by atoms with Crippen LogP contribution in [-0.2, 0) is 17.8 Å². The summed E-state index contributed by atoms with van der Waals surface area (Å²) in [6.45, 7) is 1.63. The third-order valence-corrected chi connectivity index (χ3v) is 3.78. The van der Waals surface area contributed by atoms with E-state index >= 15 is 0 Å². The summed E-state index contributed by atoms with van der Waals surface area (Å²) in [6, 6.07) is 0.372. The number of fused-ring (bicyclic) bond motifs is 1. The number of imidazole rings is 1. The maximum absolute atomic E-state index is 11.0. The third kappa shape index (κ3) is 1.95. The molecule has 3 rings (SSSR count). The van der Waals surface area contributed by atoms with Crippen LogP contribution in [0.2, 0.25) is 0 Å². The summed E-state index contributed by atoms with van der Waals surface area (Å²) in [5.74, 6) is 0.108. The molecular weight excluding hydrogens is 218 g/mol. The predicted octanol–water partition coefficient (Wildman–Crippen LogP) is 0.955. The van der Waals surface area contributed by atoms with E-state index in [0.29, 0.717) is 19.0 Å². The zero-order valence-corrected chi connectivity index (χ0v) is 9.72. The van der Waals surface area contributed by atoms with E-state index in [4.69, 9.17) is 5.11 Å². The quantitative estimate of drug-likeness (QED) is 0.801. The van der Waals surface area contributed by atoms with E-state index in [2.05, 4.69) is 10.3 Å². The van der Waals surface area contributed by atoms with Crippen molar-refractivity contribution in [2.45, 2.75) is 38.3 Å². The molecule has 0 aromatic carbocycles. The summed E-state index contributed by atoms with van der Waals surface area (Å²) in [5.41, 5.74) is 1.09. The van der Waals surface area contributed by atoms with Gasteiger partial charge in [-0.1, -0.05) is 0 Å². The number of nitrogens with zero attached hydrogens (tertiary/aromatic N) is 2. The lowest BCUT2D eigenvalue weighted by Crippen LogP contribution is -2.26. The van der Waals surface area contributed by atoms with E-state index < -0.39 is 5.97 Å². The van der Waals surface area contributed by atoms with Crippen LogP contribution >= 0.6 is 0 Å². The fourth-order valence-electron chi connectivity index (χ4n) is 2.77. The lowest BCUT2D eigenvalue weighted by molar-refractivity contribution is -0.142. The average molecular weight is 235 g/mol. The Hall–Kier alpha value is -1.36. The first-order valence-corrected chi connectivity index (χ1v) is 6.26. The molecule has 2 aliphatic heterocycles. The number of rotatable bonds is 2. The fourth-order valence-corrected chi connectivity index (χ4v) is 2.77. The summed E-state index contributed by atoms with van der Waals surface area (Å²) >= 11 is 0. The minimum Gasteiger partial charge on any atom is -0.481 e. The van der Waals surface area contributed by atoms with Gasteiger partial charge in [0.05, 0.1) is 17.7 Å². The number of carboxylic acid groups (broad SMARTS) is 1. The molecule has 2 aliphatic rings. The first-order valence-electron chi connectivity index (χ1n) is 6.26. The average Bonchev–Trinajstić information content (AvgIpc) is 2.96. The molecule has 0 bridgehead atoms. The van der Waals surface area contributed by atoms with Crippen molar-refractivity contribution in [3.05, 3.63) is 17.7 Å². The fraction of sp³-hybridized carbons (Fsp3) is 0.667. The van der Waals surface area contributed by atoms with E-state index in [-0.39, 0.29) is 5.92 Å². The summed E-state index contributed by atoms with van der Waals surface area (Å²) < 4.78 is 2.03. The van der Waals surface area contributed by atoms with E-state index in [1.807, 2.05) is 10.8 Å². The summed E-state index contributed by atoms with van der Waals surface area (Å²) in [4.78, 5) is 15.6. The van der Waals surface area contributed by atoms with Crippen LogP contribution in [0.4, 0.5) is 0 Å². The molecule has 0 saturated carbocycles. The van der Waals surface area contributed by atoms with Crippen molar-refractivity contribution in [2.75, 3.05) is 6.54 Å². The van der Waals surface area contributed by atoms with Crippen molar-refractivity contribution in [1.82, 2.24) is 14.9 Å². The van der Waals surface area contributed by atoms with Gasteiger partial charge in [-0.25, -0.2) is 4.98 Å². The molecular formula is C12H17N3O2. The number of aliphatic carboxylic acids is 1. The molecule has 2 N–H and O–H groups in total. The molecule has 0 amide bonds. The van der Waals surface area contributed by atoms with Crippen molar-refractivity contribution in [3.8, 4) is 0 Å². The molecule has 2 atom stereocenters. The number of carboxylic acids is 1. The lowest BCUT2D eigenvalue weighted by atomic mass is 10.00. The Kier molecular flexibility index (Phi) is 2.63. The number of aryl methyl sites for hydroxylation is 1. The molecule has 5 heteroatoms. The standard InChI is InChI=1S/C12H17N3O2/c16-12(17)8-3-4-11-14-10(7-15(11)6-8)9-2-1-5-13-9/h7-9,13H,1-6H2,(H,16,17). The van der Waals surface area contributed by atoms with Crippen LogP contribution in [0.15, 0.2) is 6.20 Å². The van der Waals surface area contributed by atoms with Gasteiger partial charge in [-0.05, 0) is 25.8 Å². The van der Waals surface area contributed by atoms with Gasteiger partial charge in [0.2, 0.25) is 0 Å². The topological polar surface area (TPSA) is 67.2 Å². The van der Waals surface area contributed by atoms with Gasteiger partial charge in [-0.15, -0.1) is 0 Å². The Morgan fingerprint density at radius 2 is 2.41 bits per heavy atom. The second-order valence-electron chi connectivity index (χ2n) is 4.96. The van der Waals surface area contributed by atoms with Gasteiger partial charge in [-0.2, -0.15) is 0 Å². The maximum Gasteiger partial charge on any atom is 0.308 e. The molecule has 1 fully saturated rings. The van der Waals surface area contributed by atoms with Gasteiger partial charge < -0.3 is 15.0 Å². The first-order chi connectivity index (χ1) is 8.24. The van der Waals surface area contributed by atoms with Crippen molar-refractivity contribution in [2.24, 2.45) is 5.92 Å². The smallest absolute Gasteiger partial charge is 0.308 e. The SMILES string of the molecule is O=C(O)C1CCc2nc(C3CCCN3)cn2C1. The Morgan fingerprint density at radius 1 is 1.53 bits per heavy atom. The maximum atomic E-state index is 11.0. The zero-order valence-electron chi connectivity index (χ0n) is 9.72. The van der Waals surface area contributed by atoms with E-state index in [0.717, 1.165) is 30.9 Å². The third-order valence-electron chi connectivity index (χ3n) is 3.78. The molecule has 2 unspecified atom stereocenters. The molecule has 0 radical (unpaired) electrons. The van der Waals surface area contributed by atoms with E-state index in [1.54, 1.807) is 0 Å². The molecule has 0 aliphatic carbocycles. The van der Waals surface area contributed by atoms with Crippen LogP contribution in [0.3, 0.4) is 0 Å². The highest BCUT2D eigenvalue weighted by molar-refractivity contribution is 5.70. The van der Waals surface area contributed by atoms with Gasteiger partial charge in [-0.3, -0.25) is 4.79 Å². The summed E-state index contributed by atoms with van der Waals surface area (Å²) in [6.07, 6.45) is 5.87. The second kappa shape index (κ2) is 4.14. The Morgan fingerprint density at radius 3 is 3.12 bits per heavy atom. The van der Waals surface area contributed by atoms with Gasteiger partial charge >= 0.3 is 5.97 Å². The highest BCUT2D eigenvalue weighted by Gasteiger charge is 2.27. The molecule has 1 saturated heterocycles. The number of hydrogen-bond acceptors (Lipinski definition) is 3. The minimum absolute atomic E-state index is 0.249. The summed E-state index contributed by atoms with van der Waals surface area (Å²) in [7, 11) is 0. The lowest BCUT2D eigenvalue weighted by Gasteiger charge is -2.19. The van der Waals surface area contributed by atoms with Crippen LogP contribution in [0.1, 0.15) is 36.8 Å². The van der Waals surface area contributed by atoms with Crippen molar-refractivity contribution in [1.29, 1.82) is 0 Å². The second-order valence-corrected chi connectivity index (χ2v) is 4.96. The van der Waals surface area contributed by atoms with Crippen molar-refractivity contribution in [3.63, 3.8) is 0 Å². The van der Waals surface area contributed by atoms with Crippen LogP contribution < -0.4 is 5.32 Å². The Bertz CT molecular complexity index is 435. The van der Waals surface area contributed by atoms with E-state index in [1.165, 1.54) is 6.42 Å². The zero-order chi connectivity index (χ0) is 11.8. The van der Waals surface area contributed by atoms with Crippen LogP contribution in [0, 0.1) is 5.92 Å². The molecule has 92 valence electrons. The molecule has 5 nitrogen and oxygen atoms in total. The first kappa shape index (κ1) is 10.8. The van der Waals surface area contributed by atoms with Gasteiger partial charge in [0.15, 0.2) is 0 Å². The highest BCUT2D eigenvalue weighted by atomic mass is 16.4. The highest BCUT2D eigenvalue weighted by Crippen LogP contribution is 2.26. The van der Waals surface area contributed by atoms with Gasteiger partial charge in [0.1, 0.15) is 5.82 Å². The molecule has 0 spiro atoms. The Labute approximate surface area is 99.8 Å². The largest absolute Gasteiger partial charge is 0.481 e.